The summed E-state index contributed by atoms with van der Waals surface area (Å²) >= 11 is 0. The van der Waals surface area contributed by atoms with E-state index in [4.69, 9.17) is 5.73 Å². The van der Waals surface area contributed by atoms with Gasteiger partial charge in [-0.1, -0.05) is 6.07 Å². The second-order valence-electron chi connectivity index (χ2n) is 3.51. The topological polar surface area (TPSA) is 43.8 Å². The molecule has 2 aromatic rings. The lowest BCUT2D eigenvalue weighted by Gasteiger charge is -2.07. The average molecular weight is 266 g/mol. The summed E-state index contributed by atoms with van der Waals surface area (Å²) in [7, 11) is 0. The van der Waals surface area contributed by atoms with E-state index >= 15 is 0 Å². The van der Waals surface area contributed by atoms with Gasteiger partial charge in [-0.3, -0.25) is 4.68 Å². The van der Waals surface area contributed by atoms with E-state index in [2.05, 4.69) is 5.10 Å². The monoisotopic (exact) mass is 265 g/mol. The molecule has 1 aromatic carbocycles. The van der Waals surface area contributed by atoms with Gasteiger partial charge in [0.1, 0.15) is 6.54 Å². The maximum atomic E-state index is 12.2. The van der Waals surface area contributed by atoms with Gasteiger partial charge in [0, 0.05) is 11.9 Å². The molecule has 0 unspecified atom stereocenters. The van der Waals surface area contributed by atoms with Gasteiger partial charge >= 0.3 is 6.18 Å². The average Bonchev–Trinajstić information content (AvgIpc) is 2.58. The molecule has 0 aliphatic carbocycles. The van der Waals surface area contributed by atoms with Crippen LogP contribution in [0.25, 0.3) is 10.9 Å². The molecule has 0 atom stereocenters. The predicted molar refractivity (Wildman–Crippen MR) is 60.9 cm³/mol. The van der Waals surface area contributed by atoms with Crippen LogP contribution in [0.15, 0.2) is 24.4 Å². The molecule has 0 spiro atoms. The number of alkyl halides is 3. The molecule has 17 heavy (non-hydrogen) atoms. The summed E-state index contributed by atoms with van der Waals surface area (Å²) in [6.45, 7) is -0.709. The molecular formula is C10H11ClF3N3. The molecular weight excluding hydrogens is 255 g/mol. The minimum absolute atomic E-state index is 0. The summed E-state index contributed by atoms with van der Waals surface area (Å²) in [5.41, 5.74) is 6.78. The Kier molecular flexibility index (Phi) is 4.00. The molecule has 0 amide bonds. The lowest BCUT2D eigenvalue weighted by molar-refractivity contribution is -0.141. The molecule has 2 N–H and O–H groups in total. The highest BCUT2D eigenvalue weighted by Crippen LogP contribution is 2.21. The quantitative estimate of drug-likeness (QED) is 0.907. The van der Waals surface area contributed by atoms with Crippen LogP contribution in [0.5, 0.6) is 0 Å². The van der Waals surface area contributed by atoms with Gasteiger partial charge in [-0.2, -0.15) is 18.3 Å². The lowest BCUT2D eigenvalue weighted by atomic mass is 10.1. The van der Waals surface area contributed by atoms with Gasteiger partial charge in [0.15, 0.2) is 0 Å². The smallest absolute Gasteiger partial charge is 0.326 e. The highest BCUT2D eigenvalue weighted by atomic mass is 35.5. The molecule has 94 valence electrons. The fourth-order valence-corrected chi connectivity index (χ4v) is 1.56. The van der Waals surface area contributed by atoms with E-state index in [0.29, 0.717) is 17.4 Å². The van der Waals surface area contributed by atoms with E-state index in [1.165, 1.54) is 6.20 Å². The molecule has 1 aromatic heterocycles. The number of halogens is 4. The van der Waals surface area contributed by atoms with Gasteiger partial charge in [-0.05, 0) is 17.7 Å². The van der Waals surface area contributed by atoms with Crippen LogP contribution in [-0.2, 0) is 13.1 Å². The van der Waals surface area contributed by atoms with Gasteiger partial charge in [0.05, 0.1) is 11.7 Å². The van der Waals surface area contributed by atoms with Crippen molar-refractivity contribution >= 4 is 23.3 Å². The Labute approximate surface area is 102 Å². The fourth-order valence-electron chi connectivity index (χ4n) is 1.56. The molecule has 0 aliphatic heterocycles. The van der Waals surface area contributed by atoms with Crippen molar-refractivity contribution in [2.75, 3.05) is 0 Å². The molecule has 2 rings (SSSR count). The third-order valence-corrected chi connectivity index (χ3v) is 2.27. The van der Waals surface area contributed by atoms with Crippen molar-refractivity contribution in [3.63, 3.8) is 0 Å². The summed E-state index contributed by atoms with van der Waals surface area (Å²) in [4.78, 5) is 0. The SMILES string of the molecule is Cl.NCc1ccc2c(cnn2CC(F)(F)F)c1. The first-order valence-electron chi connectivity index (χ1n) is 4.71. The van der Waals surface area contributed by atoms with Crippen LogP contribution in [0.4, 0.5) is 13.2 Å². The van der Waals surface area contributed by atoms with Crippen molar-refractivity contribution in [2.45, 2.75) is 19.3 Å². The predicted octanol–water partition coefficient (Wildman–Crippen LogP) is 2.48. The van der Waals surface area contributed by atoms with Gasteiger partial charge in [0.2, 0.25) is 0 Å². The molecule has 0 bridgehead atoms. The van der Waals surface area contributed by atoms with E-state index in [1.54, 1.807) is 18.2 Å². The zero-order chi connectivity index (χ0) is 11.8. The molecule has 0 radical (unpaired) electrons. The highest BCUT2D eigenvalue weighted by molar-refractivity contribution is 5.85. The van der Waals surface area contributed by atoms with Gasteiger partial charge in [0.25, 0.3) is 0 Å². The summed E-state index contributed by atoms with van der Waals surface area (Å²) in [5.74, 6) is 0. The number of rotatable bonds is 2. The van der Waals surface area contributed by atoms with Crippen LogP contribution >= 0.6 is 12.4 Å². The first-order chi connectivity index (χ1) is 7.49. The second kappa shape index (κ2) is 4.93. The number of nitrogens with zero attached hydrogens (tertiary/aromatic N) is 2. The highest BCUT2D eigenvalue weighted by Gasteiger charge is 2.29. The molecule has 0 aliphatic rings. The summed E-state index contributed by atoms with van der Waals surface area (Å²) < 4.78 is 37.6. The van der Waals surface area contributed by atoms with E-state index < -0.39 is 12.7 Å². The van der Waals surface area contributed by atoms with Crippen LogP contribution in [-0.4, -0.2) is 16.0 Å². The van der Waals surface area contributed by atoms with Crippen LogP contribution in [0.3, 0.4) is 0 Å². The largest absolute Gasteiger partial charge is 0.408 e. The van der Waals surface area contributed by atoms with Gasteiger partial charge in [-0.25, -0.2) is 0 Å². The van der Waals surface area contributed by atoms with Crippen LogP contribution in [0, 0.1) is 0 Å². The number of aromatic nitrogens is 2. The molecule has 0 fully saturated rings. The number of hydrogen-bond donors (Lipinski definition) is 1. The molecule has 1 heterocycles. The van der Waals surface area contributed by atoms with Crippen LogP contribution < -0.4 is 5.73 Å². The zero-order valence-electron chi connectivity index (χ0n) is 8.74. The van der Waals surface area contributed by atoms with Crippen molar-refractivity contribution in [1.29, 1.82) is 0 Å². The summed E-state index contributed by atoms with van der Waals surface area (Å²) in [6.07, 6.45) is -2.84. The summed E-state index contributed by atoms with van der Waals surface area (Å²) in [6, 6.07) is 5.06. The number of fused-ring (bicyclic) bond motifs is 1. The van der Waals surface area contributed by atoms with Crippen molar-refractivity contribution in [3.8, 4) is 0 Å². The van der Waals surface area contributed by atoms with E-state index in [0.717, 1.165) is 10.2 Å². The normalized spacial score (nSPS) is 11.5. The minimum Gasteiger partial charge on any atom is -0.326 e. The van der Waals surface area contributed by atoms with Crippen molar-refractivity contribution in [1.82, 2.24) is 9.78 Å². The molecule has 7 heteroatoms. The summed E-state index contributed by atoms with van der Waals surface area (Å²) in [5, 5.41) is 4.39. The lowest BCUT2D eigenvalue weighted by Crippen LogP contribution is -2.18. The van der Waals surface area contributed by atoms with Crippen LogP contribution in [0.1, 0.15) is 5.56 Å². The first-order valence-corrected chi connectivity index (χ1v) is 4.71. The minimum atomic E-state index is -4.26. The third kappa shape index (κ3) is 3.10. The second-order valence-corrected chi connectivity index (χ2v) is 3.51. The molecule has 3 nitrogen and oxygen atoms in total. The zero-order valence-corrected chi connectivity index (χ0v) is 9.55. The number of benzene rings is 1. The first kappa shape index (κ1) is 13.8. The van der Waals surface area contributed by atoms with Crippen molar-refractivity contribution < 1.29 is 13.2 Å². The Balaban J connectivity index is 0.00000144. The van der Waals surface area contributed by atoms with Crippen LogP contribution in [0.2, 0.25) is 0 Å². The fraction of sp³-hybridized carbons (Fsp3) is 0.300. The molecule has 0 saturated heterocycles. The van der Waals surface area contributed by atoms with Gasteiger partial charge in [-0.15, -0.1) is 12.4 Å². The maximum absolute atomic E-state index is 12.2. The number of hydrogen-bond acceptors (Lipinski definition) is 2. The number of nitrogens with two attached hydrogens (primary N) is 1. The van der Waals surface area contributed by atoms with E-state index in [1.807, 2.05) is 0 Å². The molecule has 0 saturated carbocycles. The Morgan fingerprint density at radius 3 is 2.59 bits per heavy atom. The Hall–Kier alpha value is -1.27. The Morgan fingerprint density at radius 2 is 2.00 bits per heavy atom. The van der Waals surface area contributed by atoms with Gasteiger partial charge < -0.3 is 5.73 Å². The van der Waals surface area contributed by atoms with E-state index in [-0.39, 0.29) is 12.4 Å². The maximum Gasteiger partial charge on any atom is 0.408 e. The standard InChI is InChI=1S/C10H10F3N3.ClH/c11-10(12,13)6-16-9-2-1-7(4-14)3-8(9)5-15-16;/h1-3,5H,4,6,14H2;1H. The Morgan fingerprint density at radius 1 is 1.29 bits per heavy atom. The third-order valence-electron chi connectivity index (χ3n) is 2.27. The van der Waals surface area contributed by atoms with E-state index in [9.17, 15) is 13.2 Å². The van der Waals surface area contributed by atoms with Crippen molar-refractivity contribution in [2.24, 2.45) is 5.73 Å². The Bertz CT molecular complexity index is 507. The van der Waals surface area contributed by atoms with Crippen molar-refractivity contribution in [3.05, 3.63) is 30.0 Å².